The molecule has 182 valence electrons. The van der Waals surface area contributed by atoms with Crippen molar-refractivity contribution in [1.82, 2.24) is 15.1 Å². The second kappa shape index (κ2) is 10.5. The molecule has 7 heteroatoms. The minimum atomic E-state index is -0.904. The van der Waals surface area contributed by atoms with E-state index in [0.29, 0.717) is 19.5 Å². The highest BCUT2D eigenvalue weighted by Crippen LogP contribution is 2.33. The van der Waals surface area contributed by atoms with Gasteiger partial charge in [0.05, 0.1) is 20.9 Å². The van der Waals surface area contributed by atoms with Gasteiger partial charge in [-0.25, -0.2) is 9.69 Å². The third-order valence-corrected chi connectivity index (χ3v) is 7.11. The third kappa shape index (κ3) is 5.20. The van der Waals surface area contributed by atoms with Gasteiger partial charge in [-0.05, 0) is 68.0 Å². The van der Waals surface area contributed by atoms with Crippen molar-refractivity contribution in [3.8, 4) is 11.5 Å². The Bertz CT molecular complexity index is 992. The molecule has 34 heavy (non-hydrogen) atoms. The molecule has 2 aliphatic rings. The number of nitrogens with one attached hydrogen (secondary N) is 1. The number of methoxy groups -OCH3 is 2. The van der Waals surface area contributed by atoms with E-state index in [0.717, 1.165) is 49.3 Å². The molecule has 2 aromatic carbocycles. The fourth-order valence-electron chi connectivity index (χ4n) is 4.95. The molecule has 0 bridgehead atoms. The summed E-state index contributed by atoms with van der Waals surface area (Å²) < 4.78 is 10.5. The van der Waals surface area contributed by atoms with E-state index in [2.05, 4.69) is 22.3 Å². The monoisotopic (exact) mass is 465 g/mol. The SMILES string of the molecule is COc1ccc(CC[C@]2(C)NC(=O)N(CN3CCCCC[C@@H]3c3ccc(OC)cc3)C2=O)cc1. The van der Waals surface area contributed by atoms with Crippen molar-refractivity contribution in [2.24, 2.45) is 0 Å². The molecule has 2 aromatic rings. The summed E-state index contributed by atoms with van der Waals surface area (Å²) >= 11 is 0. The predicted octanol–water partition coefficient (Wildman–Crippen LogP) is 4.52. The maximum Gasteiger partial charge on any atom is 0.326 e. The van der Waals surface area contributed by atoms with Gasteiger partial charge in [0.15, 0.2) is 0 Å². The van der Waals surface area contributed by atoms with Gasteiger partial charge in [0, 0.05) is 12.6 Å². The number of hydrogen-bond acceptors (Lipinski definition) is 5. The van der Waals surface area contributed by atoms with Gasteiger partial charge in [0.2, 0.25) is 0 Å². The minimum absolute atomic E-state index is 0.149. The Morgan fingerprint density at radius 1 is 0.941 bits per heavy atom. The Morgan fingerprint density at radius 2 is 1.59 bits per heavy atom. The van der Waals surface area contributed by atoms with E-state index < -0.39 is 5.54 Å². The first kappa shape index (κ1) is 24.1. The van der Waals surface area contributed by atoms with Crippen molar-refractivity contribution < 1.29 is 19.1 Å². The lowest BCUT2D eigenvalue weighted by atomic mass is 9.93. The van der Waals surface area contributed by atoms with Gasteiger partial charge >= 0.3 is 6.03 Å². The molecule has 2 heterocycles. The van der Waals surface area contributed by atoms with Crippen LogP contribution in [0.5, 0.6) is 11.5 Å². The number of aryl methyl sites for hydroxylation is 1. The number of ether oxygens (including phenoxy) is 2. The molecule has 0 spiro atoms. The number of rotatable bonds is 8. The molecule has 2 fully saturated rings. The number of likely N-dealkylation sites (tertiary alicyclic amines) is 1. The maximum atomic E-state index is 13.4. The van der Waals surface area contributed by atoms with Crippen LogP contribution >= 0.6 is 0 Å². The molecule has 0 aliphatic carbocycles. The van der Waals surface area contributed by atoms with Crippen LogP contribution in [0.2, 0.25) is 0 Å². The Kier molecular flexibility index (Phi) is 7.41. The molecule has 1 N–H and O–H groups in total. The van der Waals surface area contributed by atoms with Crippen LogP contribution in [0.4, 0.5) is 4.79 Å². The van der Waals surface area contributed by atoms with Gasteiger partial charge in [0.1, 0.15) is 17.0 Å². The zero-order valence-electron chi connectivity index (χ0n) is 20.4. The summed E-state index contributed by atoms with van der Waals surface area (Å²) in [5.74, 6) is 1.48. The summed E-state index contributed by atoms with van der Waals surface area (Å²) in [7, 11) is 3.30. The fourth-order valence-corrected chi connectivity index (χ4v) is 4.95. The Balaban J connectivity index is 1.45. The van der Waals surface area contributed by atoms with E-state index >= 15 is 0 Å². The average molecular weight is 466 g/mol. The molecule has 0 unspecified atom stereocenters. The van der Waals surface area contributed by atoms with E-state index in [1.165, 1.54) is 10.5 Å². The number of carbonyl (C=O) groups is 2. The first-order valence-corrected chi connectivity index (χ1v) is 12.1. The number of imide groups is 1. The molecular weight excluding hydrogens is 430 g/mol. The van der Waals surface area contributed by atoms with E-state index in [1.807, 2.05) is 43.3 Å². The van der Waals surface area contributed by atoms with Crippen LogP contribution in [0.25, 0.3) is 0 Å². The van der Waals surface area contributed by atoms with E-state index in [1.54, 1.807) is 14.2 Å². The van der Waals surface area contributed by atoms with E-state index in [4.69, 9.17) is 9.47 Å². The van der Waals surface area contributed by atoms with Crippen LogP contribution in [0.3, 0.4) is 0 Å². The van der Waals surface area contributed by atoms with Crippen molar-refractivity contribution in [3.63, 3.8) is 0 Å². The van der Waals surface area contributed by atoms with Gasteiger partial charge < -0.3 is 14.8 Å². The van der Waals surface area contributed by atoms with Gasteiger partial charge in [-0.3, -0.25) is 9.69 Å². The lowest BCUT2D eigenvalue weighted by Crippen LogP contribution is -2.46. The average Bonchev–Trinajstić information content (AvgIpc) is 3.01. The molecule has 0 saturated carbocycles. The van der Waals surface area contributed by atoms with E-state index in [9.17, 15) is 9.59 Å². The smallest absolute Gasteiger partial charge is 0.326 e. The molecule has 2 atom stereocenters. The molecule has 0 radical (unpaired) electrons. The number of carbonyl (C=O) groups excluding carboxylic acids is 2. The van der Waals surface area contributed by atoms with Gasteiger partial charge in [-0.15, -0.1) is 0 Å². The van der Waals surface area contributed by atoms with Crippen LogP contribution in [0, 0.1) is 0 Å². The highest BCUT2D eigenvalue weighted by Gasteiger charge is 2.48. The van der Waals surface area contributed by atoms with Gasteiger partial charge in [0.25, 0.3) is 5.91 Å². The third-order valence-electron chi connectivity index (χ3n) is 7.11. The van der Waals surface area contributed by atoms with Gasteiger partial charge in [-0.2, -0.15) is 0 Å². The summed E-state index contributed by atoms with van der Waals surface area (Å²) in [6.45, 7) is 3.00. The topological polar surface area (TPSA) is 71.1 Å². The van der Waals surface area contributed by atoms with Crippen molar-refractivity contribution in [2.75, 3.05) is 27.4 Å². The lowest BCUT2D eigenvalue weighted by molar-refractivity contribution is -0.132. The first-order valence-electron chi connectivity index (χ1n) is 12.1. The zero-order chi connectivity index (χ0) is 24.1. The van der Waals surface area contributed by atoms with Crippen LogP contribution < -0.4 is 14.8 Å². The summed E-state index contributed by atoms with van der Waals surface area (Å²) in [6.07, 6.45) is 5.59. The van der Waals surface area contributed by atoms with Crippen molar-refractivity contribution in [1.29, 1.82) is 0 Å². The molecule has 2 saturated heterocycles. The fraction of sp³-hybridized carbons (Fsp3) is 0.481. The molecule has 7 nitrogen and oxygen atoms in total. The van der Waals surface area contributed by atoms with Crippen molar-refractivity contribution in [2.45, 2.75) is 57.0 Å². The highest BCUT2D eigenvalue weighted by atomic mass is 16.5. The normalized spacial score (nSPS) is 23.5. The van der Waals surface area contributed by atoms with Crippen LogP contribution in [0.1, 0.15) is 56.2 Å². The molecule has 0 aromatic heterocycles. The number of benzene rings is 2. The summed E-state index contributed by atoms with van der Waals surface area (Å²) in [4.78, 5) is 30.0. The predicted molar refractivity (Wildman–Crippen MR) is 131 cm³/mol. The van der Waals surface area contributed by atoms with Crippen LogP contribution in [0.15, 0.2) is 48.5 Å². The Morgan fingerprint density at radius 3 is 2.24 bits per heavy atom. The van der Waals surface area contributed by atoms with Crippen LogP contribution in [-0.4, -0.2) is 54.7 Å². The summed E-state index contributed by atoms with van der Waals surface area (Å²) in [5.41, 5.74) is 1.39. The Hall–Kier alpha value is -3.06. The summed E-state index contributed by atoms with van der Waals surface area (Å²) in [6, 6.07) is 15.8. The zero-order valence-corrected chi connectivity index (χ0v) is 20.4. The number of hydrogen-bond donors (Lipinski definition) is 1. The lowest BCUT2D eigenvalue weighted by Gasteiger charge is -2.33. The molecule has 2 aliphatic heterocycles. The van der Waals surface area contributed by atoms with Crippen molar-refractivity contribution >= 4 is 11.9 Å². The first-order chi connectivity index (χ1) is 16.4. The van der Waals surface area contributed by atoms with E-state index in [-0.39, 0.29) is 18.0 Å². The highest BCUT2D eigenvalue weighted by molar-refractivity contribution is 6.06. The molecular formula is C27H35N3O4. The second-order valence-electron chi connectivity index (χ2n) is 9.44. The number of amides is 3. The molecule has 3 amide bonds. The standard InChI is InChI=1S/C27H35N3O4/c1-27(17-16-20-8-12-22(33-2)13-9-20)25(31)30(26(32)28-27)19-29-18-6-4-5-7-24(29)21-10-14-23(34-3)15-11-21/h8-15,24H,4-7,16-19H2,1-3H3,(H,28,32)/t24-,27+/m1/s1. The maximum absolute atomic E-state index is 13.4. The quantitative estimate of drug-likeness (QED) is 0.581. The Labute approximate surface area is 202 Å². The van der Waals surface area contributed by atoms with Crippen molar-refractivity contribution in [3.05, 3.63) is 59.7 Å². The number of nitrogens with zero attached hydrogens (tertiary/aromatic N) is 2. The van der Waals surface area contributed by atoms with Crippen LogP contribution in [-0.2, 0) is 11.2 Å². The minimum Gasteiger partial charge on any atom is -0.497 e. The molecule has 4 rings (SSSR count). The largest absolute Gasteiger partial charge is 0.497 e. The number of urea groups is 1. The van der Waals surface area contributed by atoms with Gasteiger partial charge in [-0.1, -0.05) is 37.1 Å². The second-order valence-corrected chi connectivity index (χ2v) is 9.44. The summed E-state index contributed by atoms with van der Waals surface area (Å²) in [5, 5.41) is 2.97.